The largest absolute Gasteiger partial charge is 0.507 e. The number of aliphatic hydroxyl groups is 2. The van der Waals surface area contributed by atoms with Gasteiger partial charge in [0.15, 0.2) is 0 Å². The summed E-state index contributed by atoms with van der Waals surface area (Å²) < 4.78 is 0. The van der Waals surface area contributed by atoms with E-state index in [2.05, 4.69) is 0 Å². The molecule has 11 heteroatoms. The van der Waals surface area contributed by atoms with Crippen LogP contribution in [0.25, 0.3) is 5.76 Å². The minimum atomic E-state index is -1.17. The van der Waals surface area contributed by atoms with E-state index < -0.39 is 39.9 Å². The Hall–Kier alpha value is -4.12. The number of amides is 1. The van der Waals surface area contributed by atoms with Crippen molar-refractivity contribution in [1.29, 1.82) is 0 Å². The van der Waals surface area contributed by atoms with Gasteiger partial charge in [-0.15, -0.1) is 0 Å². The van der Waals surface area contributed by atoms with Gasteiger partial charge in [0.05, 0.1) is 28.1 Å². The molecule has 1 amide bonds. The number of hydrogen-bond donors (Lipinski definition) is 2. The van der Waals surface area contributed by atoms with Gasteiger partial charge in [-0.3, -0.25) is 29.8 Å². The molecule has 0 saturated carbocycles. The summed E-state index contributed by atoms with van der Waals surface area (Å²) in [7, 11) is 0. The van der Waals surface area contributed by atoms with Crippen LogP contribution in [-0.2, 0) is 9.59 Å². The van der Waals surface area contributed by atoms with Crippen LogP contribution in [0.4, 0.5) is 11.4 Å². The average molecular weight is 413 g/mol. The zero-order chi connectivity index (χ0) is 22.0. The van der Waals surface area contributed by atoms with E-state index in [1.54, 1.807) is 0 Å². The molecule has 1 aliphatic rings. The number of hydrogen-bond acceptors (Lipinski definition) is 8. The van der Waals surface area contributed by atoms with Crippen molar-refractivity contribution >= 4 is 28.8 Å². The highest BCUT2D eigenvalue weighted by atomic mass is 16.6. The second-order valence-electron chi connectivity index (χ2n) is 6.37. The van der Waals surface area contributed by atoms with E-state index in [9.17, 15) is 40.0 Å². The topological polar surface area (TPSA) is 164 Å². The number of ketones is 1. The van der Waals surface area contributed by atoms with Gasteiger partial charge in [-0.2, -0.15) is 0 Å². The summed E-state index contributed by atoms with van der Waals surface area (Å²) in [6, 6.07) is 8.75. The Balaban J connectivity index is 2.18. The fourth-order valence-electron chi connectivity index (χ4n) is 3.27. The van der Waals surface area contributed by atoms with Crippen molar-refractivity contribution in [3.63, 3.8) is 0 Å². The fourth-order valence-corrected chi connectivity index (χ4v) is 3.27. The van der Waals surface area contributed by atoms with Gasteiger partial charge in [0.2, 0.25) is 0 Å². The second kappa shape index (κ2) is 8.09. The molecule has 2 aromatic carbocycles. The highest BCUT2D eigenvalue weighted by molar-refractivity contribution is 6.46. The molecule has 2 N–H and O–H groups in total. The molecule has 0 radical (unpaired) electrons. The lowest BCUT2D eigenvalue weighted by Gasteiger charge is -2.24. The number of nitrogens with zero attached hydrogens (tertiary/aromatic N) is 3. The quantitative estimate of drug-likeness (QED) is 0.238. The van der Waals surface area contributed by atoms with Gasteiger partial charge >= 0.3 is 0 Å². The Morgan fingerprint density at radius 2 is 1.63 bits per heavy atom. The molecule has 3 rings (SSSR count). The highest BCUT2D eigenvalue weighted by Crippen LogP contribution is 2.40. The van der Waals surface area contributed by atoms with Gasteiger partial charge in [0, 0.05) is 36.4 Å². The van der Waals surface area contributed by atoms with Crippen molar-refractivity contribution in [3.05, 3.63) is 85.5 Å². The highest BCUT2D eigenvalue weighted by Gasteiger charge is 2.46. The van der Waals surface area contributed by atoms with Gasteiger partial charge in [-0.25, -0.2) is 0 Å². The SMILES string of the molecule is O=C1C(=O)N(CCO)[C@H](c2cccc([N+](=O)[O-])c2)/C1=C(\O)c1ccc([N+](=O)[O-])cc1. The number of likely N-dealkylation sites (tertiary alicyclic amines) is 1. The normalized spacial score (nSPS) is 17.9. The van der Waals surface area contributed by atoms with Gasteiger partial charge in [-0.05, 0) is 17.7 Å². The molecule has 1 aliphatic heterocycles. The minimum Gasteiger partial charge on any atom is -0.507 e. The number of nitro benzene ring substituents is 2. The van der Waals surface area contributed by atoms with Crippen LogP contribution in [0.5, 0.6) is 0 Å². The molecule has 0 unspecified atom stereocenters. The molecule has 1 heterocycles. The number of benzene rings is 2. The third kappa shape index (κ3) is 3.61. The molecule has 0 spiro atoms. The van der Waals surface area contributed by atoms with Crippen LogP contribution < -0.4 is 0 Å². The van der Waals surface area contributed by atoms with Crippen LogP contribution in [0, 0.1) is 20.2 Å². The number of non-ortho nitro benzene ring substituents is 2. The molecule has 30 heavy (non-hydrogen) atoms. The Morgan fingerprint density at radius 3 is 2.20 bits per heavy atom. The molecule has 1 atom stereocenters. The first kappa shape index (κ1) is 20.6. The minimum absolute atomic E-state index is 0.0537. The fraction of sp³-hybridized carbons (Fsp3) is 0.158. The summed E-state index contributed by atoms with van der Waals surface area (Å²) in [5.41, 5.74) is -0.596. The first-order valence-corrected chi connectivity index (χ1v) is 8.64. The summed E-state index contributed by atoms with van der Waals surface area (Å²) in [5, 5.41) is 42.0. The van der Waals surface area contributed by atoms with E-state index in [4.69, 9.17) is 0 Å². The van der Waals surface area contributed by atoms with Crippen molar-refractivity contribution in [2.45, 2.75) is 6.04 Å². The van der Waals surface area contributed by atoms with Gasteiger partial charge < -0.3 is 15.1 Å². The maximum absolute atomic E-state index is 12.7. The molecule has 0 aromatic heterocycles. The van der Waals surface area contributed by atoms with Crippen LogP contribution in [0.3, 0.4) is 0 Å². The van der Waals surface area contributed by atoms with Crippen LogP contribution in [0.15, 0.2) is 54.1 Å². The molecular weight excluding hydrogens is 398 g/mol. The Bertz CT molecular complexity index is 1080. The third-order valence-electron chi connectivity index (χ3n) is 4.63. The molecule has 11 nitrogen and oxygen atoms in total. The Morgan fingerprint density at radius 1 is 1.00 bits per heavy atom. The number of rotatable bonds is 6. The summed E-state index contributed by atoms with van der Waals surface area (Å²) >= 11 is 0. The summed E-state index contributed by atoms with van der Waals surface area (Å²) in [6.45, 7) is -0.717. The van der Waals surface area contributed by atoms with E-state index in [0.29, 0.717) is 0 Å². The average Bonchev–Trinajstić information content (AvgIpc) is 2.98. The molecule has 0 aliphatic carbocycles. The van der Waals surface area contributed by atoms with Crippen molar-refractivity contribution in [3.8, 4) is 0 Å². The van der Waals surface area contributed by atoms with E-state index in [0.717, 1.165) is 17.0 Å². The van der Waals surface area contributed by atoms with Crippen LogP contribution in [0.1, 0.15) is 17.2 Å². The summed E-state index contributed by atoms with van der Waals surface area (Å²) in [4.78, 5) is 46.8. The van der Waals surface area contributed by atoms with Crippen LogP contribution >= 0.6 is 0 Å². The molecular formula is C19H15N3O8. The van der Waals surface area contributed by atoms with Gasteiger partial charge in [0.25, 0.3) is 23.1 Å². The Labute approximate surface area is 168 Å². The lowest BCUT2D eigenvalue weighted by Crippen LogP contribution is -2.32. The van der Waals surface area contributed by atoms with E-state index in [1.165, 1.54) is 36.4 Å². The predicted octanol–water partition coefficient (Wildman–Crippen LogP) is 1.92. The van der Waals surface area contributed by atoms with E-state index in [-0.39, 0.29) is 34.6 Å². The molecule has 1 saturated heterocycles. The van der Waals surface area contributed by atoms with Crippen molar-refractivity contribution in [1.82, 2.24) is 4.90 Å². The number of aliphatic hydroxyl groups excluding tert-OH is 2. The summed E-state index contributed by atoms with van der Waals surface area (Å²) in [5.74, 6) is -2.60. The van der Waals surface area contributed by atoms with Crippen LogP contribution in [0.2, 0.25) is 0 Å². The maximum atomic E-state index is 12.7. The number of Topliss-reactive ketones (excluding diaryl/α,β-unsaturated/α-hetero) is 1. The summed E-state index contributed by atoms with van der Waals surface area (Å²) in [6.07, 6.45) is 0. The van der Waals surface area contributed by atoms with Crippen LogP contribution in [-0.4, -0.2) is 49.8 Å². The maximum Gasteiger partial charge on any atom is 0.295 e. The smallest absolute Gasteiger partial charge is 0.295 e. The standard InChI is InChI=1S/C19H15N3O8/c23-9-8-20-16(12-2-1-3-14(10-12)22(29)30)15(18(25)19(20)26)17(24)11-4-6-13(7-5-11)21(27)28/h1-7,10,16,23-24H,8-9H2/b17-15+/t16-/m1/s1. The molecule has 0 bridgehead atoms. The lowest BCUT2D eigenvalue weighted by atomic mass is 9.95. The van der Waals surface area contributed by atoms with Gasteiger partial charge in [-0.1, -0.05) is 12.1 Å². The van der Waals surface area contributed by atoms with E-state index >= 15 is 0 Å². The van der Waals surface area contributed by atoms with E-state index in [1.807, 2.05) is 0 Å². The number of carbonyl (C=O) groups is 2. The third-order valence-corrected chi connectivity index (χ3v) is 4.63. The second-order valence-corrected chi connectivity index (χ2v) is 6.37. The van der Waals surface area contributed by atoms with Crippen molar-refractivity contribution in [2.24, 2.45) is 0 Å². The number of nitro groups is 2. The monoisotopic (exact) mass is 413 g/mol. The number of carbonyl (C=O) groups excluding carboxylic acids is 2. The lowest BCUT2D eigenvalue weighted by molar-refractivity contribution is -0.385. The first-order valence-electron chi connectivity index (χ1n) is 8.64. The number of β-amino-alcohol motifs (C(OH)–C–C–N with tert-alkyl or cyclic N) is 1. The van der Waals surface area contributed by atoms with Crippen molar-refractivity contribution in [2.75, 3.05) is 13.2 Å². The Kier molecular flexibility index (Phi) is 5.56. The molecule has 154 valence electrons. The predicted molar refractivity (Wildman–Crippen MR) is 102 cm³/mol. The zero-order valence-electron chi connectivity index (χ0n) is 15.3. The first-order chi connectivity index (χ1) is 14.3. The van der Waals surface area contributed by atoms with Crippen molar-refractivity contribution < 1.29 is 29.6 Å². The molecule has 2 aromatic rings. The zero-order valence-corrected chi connectivity index (χ0v) is 15.3. The van der Waals surface area contributed by atoms with Gasteiger partial charge in [0.1, 0.15) is 5.76 Å². The molecule has 1 fully saturated rings.